The Kier molecular flexibility index (Phi) is 5.20. The van der Waals surface area contributed by atoms with Crippen LogP contribution in [0, 0.1) is 0 Å². The van der Waals surface area contributed by atoms with Gasteiger partial charge in [0.1, 0.15) is 0 Å². The fraction of sp³-hybridized carbons (Fsp3) is 0.833. The van der Waals surface area contributed by atoms with E-state index in [0.29, 0.717) is 12.1 Å². The van der Waals surface area contributed by atoms with Crippen LogP contribution in [-0.4, -0.2) is 25.3 Å². The first-order valence-electron chi connectivity index (χ1n) is 5.79. The average Bonchev–Trinajstić information content (AvgIpc) is 2.69. The summed E-state index contributed by atoms with van der Waals surface area (Å²) >= 11 is 0. The summed E-state index contributed by atoms with van der Waals surface area (Å²) < 4.78 is 5.71. The fourth-order valence-corrected chi connectivity index (χ4v) is 1.97. The SMILES string of the molecule is C=C(CC)CC(NCC)C1CCCO1. The number of rotatable bonds is 6. The van der Waals surface area contributed by atoms with Crippen molar-refractivity contribution in [2.75, 3.05) is 13.2 Å². The third kappa shape index (κ3) is 3.43. The lowest BCUT2D eigenvalue weighted by Gasteiger charge is -2.24. The quantitative estimate of drug-likeness (QED) is 0.661. The molecule has 1 fully saturated rings. The smallest absolute Gasteiger partial charge is 0.0732 e. The van der Waals surface area contributed by atoms with Gasteiger partial charge in [0.25, 0.3) is 0 Å². The lowest BCUT2D eigenvalue weighted by molar-refractivity contribution is 0.0787. The van der Waals surface area contributed by atoms with E-state index < -0.39 is 0 Å². The highest BCUT2D eigenvalue weighted by Gasteiger charge is 2.25. The minimum Gasteiger partial charge on any atom is -0.377 e. The largest absolute Gasteiger partial charge is 0.377 e. The minimum atomic E-state index is 0.415. The number of likely N-dealkylation sites (N-methyl/N-ethyl adjacent to an activating group) is 1. The zero-order chi connectivity index (χ0) is 10.4. The molecule has 0 aromatic rings. The molecule has 82 valence electrons. The van der Waals surface area contributed by atoms with E-state index in [2.05, 4.69) is 25.7 Å². The highest BCUT2D eigenvalue weighted by atomic mass is 16.5. The summed E-state index contributed by atoms with van der Waals surface area (Å²) in [5.41, 5.74) is 1.33. The number of hydrogen-bond acceptors (Lipinski definition) is 2. The molecule has 0 aromatic carbocycles. The zero-order valence-electron chi connectivity index (χ0n) is 9.51. The molecule has 0 aliphatic carbocycles. The first kappa shape index (κ1) is 11.7. The summed E-state index contributed by atoms with van der Waals surface area (Å²) in [6, 6.07) is 0.481. The van der Waals surface area contributed by atoms with Crippen LogP contribution in [0.5, 0.6) is 0 Å². The van der Waals surface area contributed by atoms with Crippen LogP contribution in [0.1, 0.15) is 39.5 Å². The van der Waals surface area contributed by atoms with Gasteiger partial charge < -0.3 is 10.1 Å². The van der Waals surface area contributed by atoms with Crippen LogP contribution in [0.2, 0.25) is 0 Å². The van der Waals surface area contributed by atoms with Gasteiger partial charge in [-0.25, -0.2) is 0 Å². The molecular formula is C12H23NO. The zero-order valence-corrected chi connectivity index (χ0v) is 9.51. The number of nitrogens with one attached hydrogen (secondary N) is 1. The molecule has 1 aliphatic rings. The molecule has 0 bridgehead atoms. The molecule has 2 unspecified atom stereocenters. The predicted octanol–water partition coefficient (Wildman–Crippen LogP) is 2.50. The summed E-state index contributed by atoms with van der Waals surface area (Å²) in [5, 5.41) is 3.50. The second-order valence-electron chi connectivity index (χ2n) is 4.02. The van der Waals surface area contributed by atoms with Crippen LogP contribution in [0.15, 0.2) is 12.2 Å². The van der Waals surface area contributed by atoms with Crippen LogP contribution in [0.3, 0.4) is 0 Å². The normalized spacial score (nSPS) is 23.7. The van der Waals surface area contributed by atoms with Gasteiger partial charge in [-0.15, -0.1) is 0 Å². The maximum atomic E-state index is 5.71. The van der Waals surface area contributed by atoms with Gasteiger partial charge in [0.15, 0.2) is 0 Å². The second kappa shape index (κ2) is 6.20. The van der Waals surface area contributed by atoms with Gasteiger partial charge in [-0.05, 0) is 32.2 Å². The van der Waals surface area contributed by atoms with Crippen molar-refractivity contribution in [2.45, 2.75) is 51.7 Å². The number of hydrogen-bond donors (Lipinski definition) is 1. The highest BCUT2D eigenvalue weighted by molar-refractivity contribution is 4.99. The standard InChI is InChI=1S/C12H23NO/c1-4-10(3)9-11(13-5-2)12-7-6-8-14-12/h11-13H,3-9H2,1-2H3. The second-order valence-corrected chi connectivity index (χ2v) is 4.02. The van der Waals surface area contributed by atoms with E-state index in [1.165, 1.54) is 18.4 Å². The summed E-state index contributed by atoms with van der Waals surface area (Å²) in [4.78, 5) is 0. The Balaban J connectivity index is 2.40. The molecule has 2 atom stereocenters. The van der Waals surface area contributed by atoms with E-state index in [-0.39, 0.29) is 0 Å². The topological polar surface area (TPSA) is 21.3 Å². The molecule has 1 heterocycles. The van der Waals surface area contributed by atoms with Gasteiger partial charge >= 0.3 is 0 Å². The Hall–Kier alpha value is -0.340. The molecule has 1 aliphatic heterocycles. The molecule has 2 nitrogen and oxygen atoms in total. The van der Waals surface area contributed by atoms with Crippen LogP contribution in [-0.2, 0) is 4.74 Å². The van der Waals surface area contributed by atoms with Crippen LogP contribution in [0.25, 0.3) is 0 Å². The van der Waals surface area contributed by atoms with Gasteiger partial charge in [0, 0.05) is 12.6 Å². The van der Waals surface area contributed by atoms with Crippen molar-refractivity contribution in [3.05, 3.63) is 12.2 Å². The van der Waals surface area contributed by atoms with Crippen LogP contribution in [0.4, 0.5) is 0 Å². The monoisotopic (exact) mass is 197 g/mol. The summed E-state index contributed by atoms with van der Waals surface area (Å²) in [7, 11) is 0. The van der Waals surface area contributed by atoms with Crippen molar-refractivity contribution in [3.8, 4) is 0 Å². The molecule has 1 saturated heterocycles. The van der Waals surface area contributed by atoms with Crippen molar-refractivity contribution < 1.29 is 4.74 Å². The van der Waals surface area contributed by atoms with E-state index in [9.17, 15) is 0 Å². The lowest BCUT2D eigenvalue weighted by atomic mass is 9.99. The number of ether oxygens (including phenoxy) is 1. The Morgan fingerprint density at radius 3 is 2.86 bits per heavy atom. The van der Waals surface area contributed by atoms with Crippen molar-refractivity contribution in [3.63, 3.8) is 0 Å². The maximum Gasteiger partial charge on any atom is 0.0732 e. The Labute approximate surface area is 87.7 Å². The van der Waals surface area contributed by atoms with Gasteiger partial charge in [-0.3, -0.25) is 0 Å². The third-order valence-corrected chi connectivity index (χ3v) is 2.89. The fourth-order valence-electron chi connectivity index (χ4n) is 1.97. The molecule has 0 radical (unpaired) electrons. The molecule has 0 spiro atoms. The summed E-state index contributed by atoms with van der Waals surface area (Å²) in [6.07, 6.45) is 4.97. The van der Waals surface area contributed by atoms with Crippen molar-refractivity contribution in [1.82, 2.24) is 5.32 Å². The van der Waals surface area contributed by atoms with Crippen molar-refractivity contribution in [1.29, 1.82) is 0 Å². The van der Waals surface area contributed by atoms with Gasteiger partial charge in [0.05, 0.1) is 6.10 Å². The van der Waals surface area contributed by atoms with E-state index in [4.69, 9.17) is 4.74 Å². The molecule has 0 saturated carbocycles. The predicted molar refractivity (Wildman–Crippen MR) is 60.5 cm³/mol. The van der Waals surface area contributed by atoms with E-state index >= 15 is 0 Å². The molecule has 14 heavy (non-hydrogen) atoms. The maximum absolute atomic E-state index is 5.71. The molecule has 0 amide bonds. The molecule has 1 N–H and O–H groups in total. The average molecular weight is 197 g/mol. The van der Waals surface area contributed by atoms with Gasteiger partial charge in [-0.2, -0.15) is 0 Å². The first-order chi connectivity index (χ1) is 6.77. The third-order valence-electron chi connectivity index (χ3n) is 2.89. The Morgan fingerprint density at radius 2 is 2.36 bits per heavy atom. The summed E-state index contributed by atoms with van der Waals surface area (Å²) in [6.45, 7) is 10.3. The van der Waals surface area contributed by atoms with Gasteiger partial charge in [0.2, 0.25) is 0 Å². The van der Waals surface area contributed by atoms with E-state index in [1.54, 1.807) is 0 Å². The van der Waals surface area contributed by atoms with Crippen molar-refractivity contribution in [2.24, 2.45) is 0 Å². The van der Waals surface area contributed by atoms with Gasteiger partial charge in [-0.1, -0.05) is 26.0 Å². The van der Waals surface area contributed by atoms with E-state index in [1.807, 2.05) is 0 Å². The minimum absolute atomic E-state index is 0.415. The van der Waals surface area contributed by atoms with E-state index in [0.717, 1.165) is 26.0 Å². The molecule has 1 rings (SSSR count). The lowest BCUT2D eigenvalue weighted by Crippen LogP contribution is -2.39. The Morgan fingerprint density at radius 1 is 1.57 bits per heavy atom. The van der Waals surface area contributed by atoms with Crippen molar-refractivity contribution >= 4 is 0 Å². The molecule has 2 heteroatoms. The first-order valence-corrected chi connectivity index (χ1v) is 5.79. The highest BCUT2D eigenvalue weighted by Crippen LogP contribution is 2.20. The van der Waals surface area contributed by atoms with Crippen LogP contribution < -0.4 is 5.32 Å². The summed E-state index contributed by atoms with van der Waals surface area (Å²) in [5.74, 6) is 0. The molecule has 0 aromatic heterocycles. The molecular weight excluding hydrogens is 174 g/mol. The van der Waals surface area contributed by atoms with Crippen LogP contribution >= 0.6 is 0 Å². The Bertz CT molecular complexity index is 173.